The van der Waals surface area contributed by atoms with Gasteiger partial charge in [0.1, 0.15) is 11.6 Å². The molecule has 1 aliphatic heterocycles. The summed E-state index contributed by atoms with van der Waals surface area (Å²) in [4.78, 5) is 2.21. The molecule has 2 N–H and O–H groups in total. The van der Waals surface area contributed by atoms with E-state index in [0.717, 1.165) is 37.8 Å². The maximum absolute atomic E-state index is 14.9. The summed E-state index contributed by atoms with van der Waals surface area (Å²) in [5, 5.41) is 30.5. The van der Waals surface area contributed by atoms with E-state index < -0.39 is 5.82 Å². The minimum Gasteiger partial charge on any atom is -0.507 e. The molecule has 1 unspecified atom stereocenters. The van der Waals surface area contributed by atoms with Gasteiger partial charge in [-0.05, 0) is 62.9 Å². The summed E-state index contributed by atoms with van der Waals surface area (Å²) in [6.45, 7) is 5.11. The fraction of sp³-hybridized carbons (Fsp3) is 0.417. The summed E-state index contributed by atoms with van der Waals surface area (Å²) in [7, 11) is 1.46. The Balaban J connectivity index is 1.33. The van der Waals surface area contributed by atoms with E-state index in [4.69, 9.17) is 4.74 Å². The second-order valence-corrected chi connectivity index (χ2v) is 9.17. The van der Waals surface area contributed by atoms with E-state index in [9.17, 15) is 9.50 Å². The van der Waals surface area contributed by atoms with Crippen LogP contribution < -0.4 is 15.0 Å². The second kappa shape index (κ2) is 8.55. The van der Waals surface area contributed by atoms with Crippen LogP contribution in [0.3, 0.4) is 0 Å². The fourth-order valence-electron chi connectivity index (χ4n) is 4.23. The van der Waals surface area contributed by atoms with Crippen molar-refractivity contribution in [1.29, 1.82) is 0 Å². The van der Waals surface area contributed by atoms with E-state index in [0.29, 0.717) is 11.3 Å². The number of benzene rings is 1. The quantitative estimate of drug-likeness (QED) is 0.565. The van der Waals surface area contributed by atoms with Crippen molar-refractivity contribution in [3.05, 3.63) is 42.3 Å². The zero-order chi connectivity index (χ0) is 23.0. The van der Waals surface area contributed by atoms with Gasteiger partial charge in [-0.25, -0.2) is 4.39 Å². The third-order valence-corrected chi connectivity index (χ3v) is 6.48. The average Bonchev–Trinajstić information content (AvgIpc) is 3.59. The lowest BCUT2D eigenvalue weighted by atomic mass is 10.0. The summed E-state index contributed by atoms with van der Waals surface area (Å²) >= 11 is 0. The molecule has 3 heterocycles. The van der Waals surface area contributed by atoms with E-state index in [1.165, 1.54) is 38.3 Å². The molecule has 2 aromatic heterocycles. The Labute approximate surface area is 191 Å². The minimum atomic E-state index is -0.513. The Morgan fingerprint density at radius 3 is 2.76 bits per heavy atom. The number of aromatic nitrogens is 4. The van der Waals surface area contributed by atoms with Gasteiger partial charge in [0.2, 0.25) is 5.88 Å². The van der Waals surface area contributed by atoms with Crippen LogP contribution in [0.5, 0.6) is 11.6 Å². The van der Waals surface area contributed by atoms with Crippen LogP contribution in [0.4, 0.5) is 10.2 Å². The van der Waals surface area contributed by atoms with Gasteiger partial charge in [-0.3, -0.25) is 0 Å². The maximum atomic E-state index is 14.9. The Morgan fingerprint density at radius 1 is 1.18 bits per heavy atom. The lowest BCUT2D eigenvalue weighted by Crippen LogP contribution is -2.45. The van der Waals surface area contributed by atoms with E-state index in [-0.39, 0.29) is 28.3 Å². The first-order chi connectivity index (χ1) is 15.9. The zero-order valence-electron chi connectivity index (χ0n) is 18.8. The number of hydrogen-bond acceptors (Lipinski definition) is 8. The van der Waals surface area contributed by atoms with Crippen molar-refractivity contribution in [3.63, 3.8) is 0 Å². The molecule has 5 rings (SSSR count). The topological polar surface area (TPSA) is 96.3 Å². The van der Waals surface area contributed by atoms with Gasteiger partial charge in [0, 0.05) is 41.4 Å². The number of anilines is 1. The molecule has 2 aliphatic rings. The molecular weight excluding hydrogens is 423 g/mol. The van der Waals surface area contributed by atoms with Gasteiger partial charge >= 0.3 is 0 Å². The molecule has 1 aliphatic carbocycles. The number of aromatic hydroxyl groups is 1. The highest BCUT2D eigenvalue weighted by molar-refractivity contribution is 5.75. The lowest BCUT2D eigenvalue weighted by molar-refractivity contribution is 0.383. The molecule has 0 amide bonds. The van der Waals surface area contributed by atoms with Crippen LogP contribution >= 0.6 is 0 Å². The van der Waals surface area contributed by atoms with Crippen molar-refractivity contribution < 1.29 is 14.2 Å². The molecule has 8 nitrogen and oxygen atoms in total. The van der Waals surface area contributed by atoms with Crippen molar-refractivity contribution in [2.75, 3.05) is 31.6 Å². The van der Waals surface area contributed by atoms with Gasteiger partial charge in [-0.15, -0.1) is 15.3 Å². The highest BCUT2D eigenvalue weighted by Crippen LogP contribution is 2.36. The third-order valence-electron chi connectivity index (χ3n) is 6.48. The molecule has 0 spiro atoms. The summed E-state index contributed by atoms with van der Waals surface area (Å²) < 4.78 is 20.0. The van der Waals surface area contributed by atoms with Crippen LogP contribution in [-0.2, 0) is 0 Å². The Kier molecular flexibility index (Phi) is 5.57. The van der Waals surface area contributed by atoms with Crippen LogP contribution in [0.1, 0.15) is 26.2 Å². The monoisotopic (exact) mass is 450 g/mol. The predicted molar refractivity (Wildman–Crippen MR) is 123 cm³/mol. The summed E-state index contributed by atoms with van der Waals surface area (Å²) in [5.74, 6) is 1.27. The van der Waals surface area contributed by atoms with Gasteiger partial charge in [0.25, 0.3) is 0 Å². The molecule has 0 bridgehead atoms. The largest absolute Gasteiger partial charge is 0.507 e. The minimum absolute atomic E-state index is 0.0741. The number of nitrogens with zero attached hydrogens (tertiary/aromatic N) is 5. The Bertz CT molecular complexity index is 1150. The SMILES string of the molecule is COc1cc(-c2cc(O)c(-c3ccc(N4CCC(C)(NCC5CC5)C4)nn3)cc2F)cnn1. The van der Waals surface area contributed by atoms with E-state index in [1.54, 1.807) is 12.1 Å². The number of ether oxygens (including phenoxy) is 1. The van der Waals surface area contributed by atoms with Crippen LogP contribution in [-0.4, -0.2) is 57.8 Å². The maximum Gasteiger partial charge on any atom is 0.233 e. The number of nitrogens with one attached hydrogen (secondary N) is 1. The first-order valence-electron chi connectivity index (χ1n) is 11.2. The summed E-state index contributed by atoms with van der Waals surface area (Å²) in [6.07, 6.45) is 5.13. The van der Waals surface area contributed by atoms with Gasteiger partial charge in [0.05, 0.1) is 19.0 Å². The van der Waals surface area contributed by atoms with Crippen molar-refractivity contribution in [2.45, 2.75) is 31.7 Å². The molecule has 1 saturated heterocycles. The molecule has 172 valence electrons. The van der Waals surface area contributed by atoms with Crippen LogP contribution in [0.15, 0.2) is 36.5 Å². The van der Waals surface area contributed by atoms with E-state index >= 15 is 0 Å². The van der Waals surface area contributed by atoms with Crippen molar-refractivity contribution in [1.82, 2.24) is 25.7 Å². The third kappa shape index (κ3) is 4.59. The zero-order valence-corrected chi connectivity index (χ0v) is 18.8. The normalized spacial score (nSPS) is 20.3. The number of methoxy groups -OCH3 is 1. The standard InChI is InChI=1S/C24H27FN6O2/c1-24(26-12-15-3-4-15)7-8-31(14-24)22-6-5-20(28-29-22)18-10-19(25)17(11-21(18)32)16-9-23(33-2)30-27-13-16/h5-6,9-11,13,15,26,32H,3-4,7-8,12,14H2,1-2H3. The predicted octanol–water partition coefficient (Wildman–Crippen LogP) is 3.42. The van der Waals surface area contributed by atoms with Gasteiger partial charge in [0.15, 0.2) is 5.82 Å². The molecule has 1 saturated carbocycles. The van der Waals surface area contributed by atoms with Gasteiger partial charge < -0.3 is 20.1 Å². The number of phenolic OH excluding ortho intramolecular Hbond substituents is 1. The van der Waals surface area contributed by atoms with Gasteiger partial charge in [-0.1, -0.05) is 0 Å². The van der Waals surface area contributed by atoms with Crippen LogP contribution in [0, 0.1) is 11.7 Å². The number of rotatable bonds is 7. The molecule has 1 atom stereocenters. The molecule has 2 fully saturated rings. The molecule has 0 radical (unpaired) electrons. The smallest absolute Gasteiger partial charge is 0.233 e. The second-order valence-electron chi connectivity index (χ2n) is 9.17. The number of hydrogen-bond donors (Lipinski definition) is 2. The van der Waals surface area contributed by atoms with Crippen molar-refractivity contribution in [3.8, 4) is 34.0 Å². The molecule has 9 heteroatoms. The average molecular weight is 451 g/mol. The first-order valence-corrected chi connectivity index (χ1v) is 11.2. The van der Waals surface area contributed by atoms with E-state index in [1.807, 2.05) is 6.07 Å². The fourth-order valence-corrected chi connectivity index (χ4v) is 4.23. The molecule has 1 aromatic carbocycles. The number of halogens is 1. The summed E-state index contributed by atoms with van der Waals surface area (Å²) in [6, 6.07) is 7.81. The van der Waals surface area contributed by atoms with E-state index in [2.05, 4.69) is 37.5 Å². The van der Waals surface area contributed by atoms with Crippen molar-refractivity contribution in [2.24, 2.45) is 5.92 Å². The highest BCUT2D eigenvalue weighted by atomic mass is 19.1. The summed E-state index contributed by atoms with van der Waals surface area (Å²) in [5.41, 5.74) is 1.41. The number of phenols is 1. The Morgan fingerprint density at radius 2 is 2.03 bits per heavy atom. The van der Waals surface area contributed by atoms with Crippen LogP contribution in [0.25, 0.3) is 22.4 Å². The van der Waals surface area contributed by atoms with Crippen molar-refractivity contribution >= 4 is 5.82 Å². The highest BCUT2D eigenvalue weighted by Gasteiger charge is 2.35. The first kappa shape index (κ1) is 21.5. The lowest BCUT2D eigenvalue weighted by Gasteiger charge is -2.26. The molecule has 33 heavy (non-hydrogen) atoms. The van der Waals surface area contributed by atoms with Gasteiger partial charge in [-0.2, -0.15) is 5.10 Å². The molecular formula is C24H27FN6O2. The van der Waals surface area contributed by atoms with Crippen LogP contribution in [0.2, 0.25) is 0 Å². The molecule has 3 aromatic rings. The Hall–Kier alpha value is -3.33.